The minimum absolute atomic E-state index is 0.104. The quantitative estimate of drug-likeness (QED) is 0.380. The summed E-state index contributed by atoms with van der Waals surface area (Å²) in [6.45, 7) is 4.33. The highest BCUT2D eigenvalue weighted by molar-refractivity contribution is 9.10. The van der Waals surface area contributed by atoms with E-state index in [1.165, 1.54) is 0 Å². The van der Waals surface area contributed by atoms with Crippen LogP contribution in [0.2, 0.25) is 0 Å². The van der Waals surface area contributed by atoms with E-state index < -0.39 is 0 Å². The summed E-state index contributed by atoms with van der Waals surface area (Å²) in [6, 6.07) is 28.8. The van der Waals surface area contributed by atoms with Gasteiger partial charge < -0.3 is 5.32 Å². The van der Waals surface area contributed by atoms with Crippen molar-refractivity contribution in [1.29, 1.82) is 0 Å². The number of carbonyl (C=O) groups excluding carboxylic acids is 1. The molecule has 33 heavy (non-hydrogen) atoms. The summed E-state index contributed by atoms with van der Waals surface area (Å²) in [5.41, 5.74) is 6.84. The van der Waals surface area contributed by atoms with E-state index >= 15 is 0 Å². The fraction of sp³-hybridized carbons (Fsp3) is 0.167. The maximum atomic E-state index is 14.1. The molecule has 0 saturated carbocycles. The molecule has 3 aromatic carbocycles. The summed E-state index contributed by atoms with van der Waals surface area (Å²) >= 11 is 3.54. The van der Waals surface area contributed by atoms with Gasteiger partial charge in [0.05, 0.1) is 0 Å². The van der Waals surface area contributed by atoms with Crippen LogP contribution < -0.4 is 5.32 Å². The molecule has 1 aliphatic carbocycles. The normalized spacial score (nSPS) is 20.8. The number of ketones is 1. The molecule has 1 heterocycles. The third kappa shape index (κ3) is 4.26. The van der Waals surface area contributed by atoms with E-state index in [2.05, 4.69) is 83.6 Å². The van der Waals surface area contributed by atoms with Crippen molar-refractivity contribution in [2.75, 3.05) is 0 Å². The Labute approximate surface area is 203 Å². The van der Waals surface area contributed by atoms with Crippen LogP contribution in [0.5, 0.6) is 0 Å². The number of benzene rings is 3. The van der Waals surface area contributed by atoms with E-state index in [1.54, 1.807) is 0 Å². The smallest absolute Gasteiger partial charge is 0.188 e. The molecular weight excluding hydrogens is 470 g/mol. The van der Waals surface area contributed by atoms with Crippen molar-refractivity contribution in [3.63, 3.8) is 0 Å². The molecule has 0 bridgehead atoms. The largest absolute Gasteiger partial charge is 0.358 e. The first kappa shape index (κ1) is 21.7. The van der Waals surface area contributed by atoms with Crippen LogP contribution >= 0.6 is 15.9 Å². The molecule has 0 saturated heterocycles. The van der Waals surface area contributed by atoms with E-state index in [0.29, 0.717) is 0 Å². The predicted molar refractivity (Wildman–Crippen MR) is 139 cm³/mol. The van der Waals surface area contributed by atoms with Crippen molar-refractivity contribution in [3.8, 4) is 0 Å². The summed E-state index contributed by atoms with van der Waals surface area (Å²) in [7, 11) is 0. The molecule has 0 radical (unpaired) electrons. The molecule has 2 aliphatic rings. The number of hydrogen-bond donors (Lipinski definition) is 1. The van der Waals surface area contributed by atoms with Gasteiger partial charge in [-0.3, -0.25) is 4.79 Å². The average Bonchev–Trinajstić information content (AvgIpc) is 2.82. The molecule has 0 fully saturated rings. The lowest BCUT2D eigenvalue weighted by Gasteiger charge is -2.40. The molecule has 3 aromatic rings. The predicted octanol–water partition coefficient (Wildman–Crippen LogP) is 7.51. The van der Waals surface area contributed by atoms with E-state index in [-0.39, 0.29) is 17.1 Å². The van der Waals surface area contributed by atoms with Crippen LogP contribution in [-0.2, 0) is 4.79 Å². The first-order chi connectivity index (χ1) is 15.9. The lowest BCUT2D eigenvalue weighted by Crippen LogP contribution is -2.37. The third-order valence-corrected chi connectivity index (χ3v) is 7.05. The molecule has 0 aromatic heterocycles. The highest BCUT2D eigenvalue weighted by atomic mass is 79.9. The van der Waals surface area contributed by atoms with E-state index in [9.17, 15) is 4.79 Å². The van der Waals surface area contributed by atoms with Crippen LogP contribution in [0, 0.1) is 5.41 Å². The van der Waals surface area contributed by atoms with E-state index in [1.807, 2.05) is 48.5 Å². The minimum atomic E-state index is -0.276. The van der Waals surface area contributed by atoms with Gasteiger partial charge in [-0.25, -0.2) is 0 Å². The standard InChI is InChI=1S/C30H26BrNO/c1-30(2)19-27-28(29(33)25(30)17-20-9-5-3-6-10-20)24(21-13-15-23(31)16-14-21)18-26(32-27)22-11-7-4-8-12-22/h3-18,24,32H,19H2,1-2H3/b25-17+. The van der Waals surface area contributed by atoms with Crippen molar-refractivity contribution in [2.24, 2.45) is 5.41 Å². The molecule has 1 aliphatic heterocycles. The monoisotopic (exact) mass is 495 g/mol. The number of carbonyl (C=O) groups is 1. The Morgan fingerprint density at radius 1 is 0.909 bits per heavy atom. The van der Waals surface area contributed by atoms with Gasteiger partial charge in [0.2, 0.25) is 0 Å². The summed E-state index contributed by atoms with van der Waals surface area (Å²) in [5, 5.41) is 3.64. The van der Waals surface area contributed by atoms with Crippen LogP contribution in [0.25, 0.3) is 11.8 Å². The van der Waals surface area contributed by atoms with Crippen LogP contribution in [0.15, 0.2) is 112 Å². The second-order valence-corrected chi connectivity index (χ2v) is 10.3. The van der Waals surface area contributed by atoms with Crippen molar-refractivity contribution in [3.05, 3.63) is 129 Å². The fourth-order valence-electron chi connectivity index (χ4n) is 4.81. The summed E-state index contributed by atoms with van der Waals surface area (Å²) < 4.78 is 1.03. The van der Waals surface area contributed by atoms with Gasteiger partial charge in [0.15, 0.2) is 5.78 Å². The van der Waals surface area contributed by atoms with Crippen LogP contribution in [0.3, 0.4) is 0 Å². The van der Waals surface area contributed by atoms with Gasteiger partial charge in [0, 0.05) is 32.9 Å². The molecule has 1 N–H and O–H groups in total. The third-order valence-electron chi connectivity index (χ3n) is 6.52. The Bertz CT molecular complexity index is 1280. The number of nitrogens with one attached hydrogen (secondary N) is 1. The Kier molecular flexibility index (Phi) is 5.67. The van der Waals surface area contributed by atoms with Crippen LogP contribution in [0.4, 0.5) is 0 Å². The van der Waals surface area contributed by atoms with Gasteiger partial charge in [-0.2, -0.15) is 0 Å². The molecule has 5 rings (SSSR count). The molecule has 164 valence electrons. The summed E-state index contributed by atoms with van der Waals surface area (Å²) in [6.07, 6.45) is 5.05. The Balaban J connectivity index is 1.65. The Morgan fingerprint density at radius 2 is 1.55 bits per heavy atom. The first-order valence-corrected chi connectivity index (χ1v) is 12.1. The summed E-state index contributed by atoms with van der Waals surface area (Å²) in [5.74, 6) is 0.0289. The maximum absolute atomic E-state index is 14.1. The molecule has 2 nitrogen and oxygen atoms in total. The summed E-state index contributed by atoms with van der Waals surface area (Å²) in [4.78, 5) is 14.1. The number of hydrogen-bond acceptors (Lipinski definition) is 2. The SMILES string of the molecule is CC1(C)CC2=C(C(=O)/C1=C\c1ccccc1)C(c1ccc(Br)cc1)C=C(c1ccccc1)N2. The molecule has 0 spiro atoms. The molecule has 0 amide bonds. The second-order valence-electron chi connectivity index (χ2n) is 9.35. The van der Waals surface area contributed by atoms with Gasteiger partial charge >= 0.3 is 0 Å². The van der Waals surface area contributed by atoms with E-state index in [0.717, 1.165) is 50.1 Å². The zero-order valence-electron chi connectivity index (χ0n) is 18.8. The zero-order chi connectivity index (χ0) is 23.0. The highest BCUT2D eigenvalue weighted by Gasteiger charge is 2.42. The second kappa shape index (κ2) is 8.64. The van der Waals surface area contributed by atoms with Crippen molar-refractivity contribution in [1.82, 2.24) is 5.32 Å². The number of Topliss-reactive ketones (excluding diaryl/α,β-unsaturated/α-hetero) is 1. The van der Waals surface area contributed by atoms with Crippen molar-refractivity contribution < 1.29 is 4.79 Å². The van der Waals surface area contributed by atoms with Crippen LogP contribution in [-0.4, -0.2) is 5.78 Å². The number of halogens is 1. The Hall–Kier alpha value is -3.17. The van der Waals surface area contributed by atoms with E-state index in [4.69, 9.17) is 0 Å². The van der Waals surface area contributed by atoms with Gasteiger partial charge in [-0.1, -0.05) is 103 Å². The topological polar surface area (TPSA) is 29.1 Å². The highest BCUT2D eigenvalue weighted by Crippen LogP contribution is 2.48. The number of allylic oxidation sites excluding steroid dienone is 4. The molecular formula is C30H26BrNO. The van der Waals surface area contributed by atoms with Gasteiger partial charge in [0.1, 0.15) is 0 Å². The van der Waals surface area contributed by atoms with Gasteiger partial charge in [-0.05, 0) is 52.8 Å². The van der Waals surface area contributed by atoms with Crippen molar-refractivity contribution in [2.45, 2.75) is 26.2 Å². The average molecular weight is 496 g/mol. The zero-order valence-corrected chi connectivity index (χ0v) is 20.4. The molecule has 1 unspecified atom stereocenters. The van der Waals surface area contributed by atoms with Gasteiger partial charge in [0.25, 0.3) is 0 Å². The lowest BCUT2D eigenvalue weighted by atomic mass is 9.67. The number of rotatable bonds is 3. The molecule has 1 atom stereocenters. The maximum Gasteiger partial charge on any atom is 0.188 e. The van der Waals surface area contributed by atoms with Crippen LogP contribution in [0.1, 0.15) is 42.9 Å². The Morgan fingerprint density at radius 3 is 2.21 bits per heavy atom. The molecule has 3 heteroatoms. The van der Waals surface area contributed by atoms with Gasteiger partial charge in [-0.15, -0.1) is 0 Å². The van der Waals surface area contributed by atoms with Crippen molar-refractivity contribution >= 4 is 33.5 Å². The number of dihydropyridines is 1. The minimum Gasteiger partial charge on any atom is -0.358 e. The fourth-order valence-corrected chi connectivity index (χ4v) is 5.08. The lowest BCUT2D eigenvalue weighted by molar-refractivity contribution is -0.113. The first-order valence-electron chi connectivity index (χ1n) is 11.3.